The van der Waals surface area contributed by atoms with Crippen LogP contribution in [-0.2, 0) is 14.8 Å². The molecule has 1 aliphatic heterocycles. The highest BCUT2D eigenvalue weighted by Crippen LogP contribution is 2.24. The van der Waals surface area contributed by atoms with Crippen molar-refractivity contribution in [2.75, 3.05) is 25.5 Å². The number of nitrogens with one attached hydrogen (secondary N) is 2. The van der Waals surface area contributed by atoms with Crippen LogP contribution in [0.5, 0.6) is 0 Å². The van der Waals surface area contributed by atoms with Crippen molar-refractivity contribution in [3.8, 4) is 0 Å². The molecule has 0 bridgehead atoms. The predicted molar refractivity (Wildman–Crippen MR) is 81.4 cm³/mol. The topological polar surface area (TPSA) is 97.2 Å². The summed E-state index contributed by atoms with van der Waals surface area (Å²) in [4.78, 5) is 3.20. The molecule has 1 atom stereocenters. The summed E-state index contributed by atoms with van der Waals surface area (Å²) in [5, 5.41) is 0.617. The number of nitrogens with two attached hydrogens (primary N) is 1. The van der Waals surface area contributed by atoms with E-state index < -0.39 is 10.0 Å². The van der Waals surface area contributed by atoms with Crippen LogP contribution >= 0.6 is 0 Å². The van der Waals surface area contributed by atoms with E-state index >= 15 is 0 Å². The van der Waals surface area contributed by atoms with Crippen molar-refractivity contribution in [3.63, 3.8) is 0 Å². The smallest absolute Gasteiger partial charge is 0.242 e. The summed E-state index contributed by atoms with van der Waals surface area (Å²) in [6.45, 7) is 1.93. The zero-order chi connectivity index (χ0) is 14.9. The van der Waals surface area contributed by atoms with Gasteiger partial charge in [-0.2, -0.15) is 0 Å². The molecule has 1 aromatic carbocycles. The maximum atomic E-state index is 12.4. The Hall–Kier alpha value is -1.57. The molecule has 0 spiro atoms. The lowest BCUT2D eigenvalue weighted by atomic mass is 10.1. The van der Waals surface area contributed by atoms with E-state index in [4.69, 9.17) is 10.5 Å². The summed E-state index contributed by atoms with van der Waals surface area (Å²) < 4.78 is 32.7. The monoisotopic (exact) mass is 309 g/mol. The average Bonchev–Trinajstić information content (AvgIpc) is 3.07. The van der Waals surface area contributed by atoms with Crippen LogP contribution in [0.2, 0.25) is 0 Å². The minimum atomic E-state index is -3.53. The third-order valence-corrected chi connectivity index (χ3v) is 5.33. The maximum absolute atomic E-state index is 12.4. The summed E-state index contributed by atoms with van der Waals surface area (Å²) >= 11 is 0. The second-order valence-electron chi connectivity index (χ2n) is 5.37. The van der Waals surface area contributed by atoms with Gasteiger partial charge in [0, 0.05) is 42.5 Å². The number of benzene rings is 1. The van der Waals surface area contributed by atoms with E-state index in [1.807, 2.05) is 0 Å². The number of hydrogen-bond donors (Lipinski definition) is 3. The van der Waals surface area contributed by atoms with Crippen molar-refractivity contribution < 1.29 is 13.2 Å². The molecule has 21 heavy (non-hydrogen) atoms. The molecule has 114 valence electrons. The van der Waals surface area contributed by atoms with Crippen molar-refractivity contribution in [3.05, 3.63) is 24.4 Å². The van der Waals surface area contributed by atoms with Crippen molar-refractivity contribution >= 4 is 26.6 Å². The van der Waals surface area contributed by atoms with E-state index in [-0.39, 0.29) is 4.90 Å². The molecule has 1 aromatic heterocycles. The standard InChI is InChI=1S/C14H19N3O3S/c15-11-1-2-13-12(7-11)14(8-16-13)21(18,19)17-5-3-10-4-6-20-9-10/h1-2,7-8,10,16-17H,3-6,9,15H2. The average molecular weight is 309 g/mol. The first kappa shape index (κ1) is 14.4. The molecular weight excluding hydrogens is 290 g/mol. The number of aromatic nitrogens is 1. The molecule has 2 heterocycles. The second kappa shape index (κ2) is 5.67. The third-order valence-electron chi connectivity index (χ3n) is 3.83. The van der Waals surface area contributed by atoms with Gasteiger partial charge in [-0.25, -0.2) is 13.1 Å². The third kappa shape index (κ3) is 3.04. The van der Waals surface area contributed by atoms with Crippen molar-refractivity contribution in [1.29, 1.82) is 0 Å². The second-order valence-corrected chi connectivity index (χ2v) is 7.11. The van der Waals surface area contributed by atoms with Gasteiger partial charge in [0.25, 0.3) is 0 Å². The number of rotatable bonds is 5. The van der Waals surface area contributed by atoms with E-state index in [9.17, 15) is 8.42 Å². The minimum Gasteiger partial charge on any atom is -0.399 e. The Morgan fingerprint density at radius 3 is 3.05 bits per heavy atom. The number of hydrogen-bond acceptors (Lipinski definition) is 4. The van der Waals surface area contributed by atoms with Gasteiger partial charge in [0.1, 0.15) is 4.90 Å². The number of sulfonamides is 1. The molecule has 2 aromatic rings. The van der Waals surface area contributed by atoms with Gasteiger partial charge >= 0.3 is 0 Å². The summed E-state index contributed by atoms with van der Waals surface area (Å²) in [5.41, 5.74) is 7.04. The number of H-pyrrole nitrogens is 1. The minimum absolute atomic E-state index is 0.243. The Kier molecular flexibility index (Phi) is 3.88. The summed E-state index contributed by atoms with van der Waals surface area (Å²) in [6, 6.07) is 5.19. The van der Waals surface area contributed by atoms with E-state index in [1.165, 1.54) is 6.20 Å². The lowest BCUT2D eigenvalue weighted by Gasteiger charge is -2.09. The highest BCUT2D eigenvalue weighted by Gasteiger charge is 2.20. The van der Waals surface area contributed by atoms with Gasteiger partial charge in [0.2, 0.25) is 10.0 Å². The highest BCUT2D eigenvalue weighted by atomic mass is 32.2. The fourth-order valence-corrected chi connectivity index (χ4v) is 3.84. The van der Waals surface area contributed by atoms with E-state index in [1.54, 1.807) is 18.2 Å². The Balaban J connectivity index is 1.74. The van der Waals surface area contributed by atoms with Gasteiger partial charge in [0.15, 0.2) is 0 Å². The Morgan fingerprint density at radius 1 is 1.43 bits per heavy atom. The van der Waals surface area contributed by atoms with Crippen LogP contribution in [0.4, 0.5) is 5.69 Å². The molecule has 1 fully saturated rings. The summed E-state index contributed by atoms with van der Waals surface area (Å²) in [7, 11) is -3.53. The maximum Gasteiger partial charge on any atom is 0.242 e. The van der Waals surface area contributed by atoms with Crippen LogP contribution in [0.25, 0.3) is 10.9 Å². The van der Waals surface area contributed by atoms with Gasteiger partial charge in [-0.15, -0.1) is 0 Å². The van der Waals surface area contributed by atoms with Gasteiger partial charge in [0.05, 0.1) is 0 Å². The summed E-state index contributed by atoms with van der Waals surface area (Å²) in [6.07, 6.45) is 3.31. The Bertz CT molecular complexity index is 733. The van der Waals surface area contributed by atoms with Crippen LogP contribution in [0.15, 0.2) is 29.3 Å². The van der Waals surface area contributed by atoms with Gasteiger partial charge < -0.3 is 15.5 Å². The Labute approximate surface area is 123 Å². The predicted octanol–water partition coefficient (Wildman–Crippen LogP) is 1.45. The first-order valence-corrected chi connectivity index (χ1v) is 8.48. The molecule has 7 heteroatoms. The van der Waals surface area contributed by atoms with Crippen LogP contribution < -0.4 is 10.5 Å². The van der Waals surface area contributed by atoms with E-state index in [0.29, 0.717) is 23.5 Å². The fourth-order valence-electron chi connectivity index (χ4n) is 2.62. The highest BCUT2D eigenvalue weighted by molar-refractivity contribution is 7.89. The molecule has 1 aliphatic rings. The molecule has 0 saturated carbocycles. The first-order valence-electron chi connectivity index (χ1n) is 7.00. The van der Waals surface area contributed by atoms with Crippen molar-refractivity contribution in [2.24, 2.45) is 5.92 Å². The van der Waals surface area contributed by atoms with Gasteiger partial charge in [-0.3, -0.25) is 0 Å². The number of nitrogen functional groups attached to an aromatic ring is 1. The molecule has 1 unspecified atom stereocenters. The molecule has 0 amide bonds. The van der Waals surface area contributed by atoms with Gasteiger partial charge in [-0.05, 0) is 37.0 Å². The van der Waals surface area contributed by atoms with Crippen LogP contribution in [0.1, 0.15) is 12.8 Å². The van der Waals surface area contributed by atoms with Crippen molar-refractivity contribution in [2.45, 2.75) is 17.7 Å². The molecular formula is C14H19N3O3S. The van der Waals surface area contributed by atoms with E-state index in [2.05, 4.69) is 9.71 Å². The normalized spacial score (nSPS) is 19.3. The zero-order valence-electron chi connectivity index (χ0n) is 11.6. The number of fused-ring (bicyclic) bond motifs is 1. The molecule has 0 radical (unpaired) electrons. The Morgan fingerprint density at radius 2 is 2.29 bits per heavy atom. The number of aromatic amines is 1. The lowest BCUT2D eigenvalue weighted by Crippen LogP contribution is -2.26. The molecule has 3 rings (SSSR count). The van der Waals surface area contributed by atoms with Gasteiger partial charge in [-0.1, -0.05) is 0 Å². The van der Waals surface area contributed by atoms with Crippen molar-refractivity contribution in [1.82, 2.24) is 9.71 Å². The summed E-state index contributed by atoms with van der Waals surface area (Å²) in [5.74, 6) is 0.450. The quantitative estimate of drug-likeness (QED) is 0.728. The molecule has 1 saturated heterocycles. The lowest BCUT2D eigenvalue weighted by molar-refractivity contribution is 0.184. The molecule has 0 aliphatic carbocycles. The fraction of sp³-hybridized carbons (Fsp3) is 0.429. The van der Waals surface area contributed by atoms with Crippen LogP contribution in [0.3, 0.4) is 0 Å². The largest absolute Gasteiger partial charge is 0.399 e. The number of ether oxygens (including phenoxy) is 1. The molecule has 6 nitrogen and oxygen atoms in total. The molecule has 4 N–H and O–H groups in total. The first-order chi connectivity index (χ1) is 10.1. The van der Waals surface area contributed by atoms with Crippen LogP contribution in [-0.4, -0.2) is 33.2 Å². The van der Waals surface area contributed by atoms with E-state index in [0.717, 1.165) is 31.6 Å². The zero-order valence-corrected chi connectivity index (χ0v) is 12.4. The van der Waals surface area contributed by atoms with Crippen LogP contribution in [0, 0.1) is 5.92 Å². The number of anilines is 1. The SMILES string of the molecule is Nc1ccc2[nH]cc(S(=O)(=O)NCCC3CCOC3)c2c1.